The summed E-state index contributed by atoms with van der Waals surface area (Å²) in [5, 5.41) is 11.3. The minimum absolute atomic E-state index is 0.0616. The monoisotopic (exact) mass is 372 g/mol. The van der Waals surface area contributed by atoms with Crippen LogP contribution in [0.4, 0.5) is 0 Å². The van der Waals surface area contributed by atoms with E-state index in [1.54, 1.807) is 24.3 Å². The molecule has 4 unspecified atom stereocenters. The molecule has 2 aliphatic carbocycles. The molecule has 0 radical (unpaired) electrons. The lowest BCUT2D eigenvalue weighted by Crippen LogP contribution is -2.35. The zero-order chi connectivity index (χ0) is 18.5. The van der Waals surface area contributed by atoms with Gasteiger partial charge in [-0.05, 0) is 56.7 Å². The molecule has 1 N–H and O–H groups in total. The Hall–Kier alpha value is -1.69. The maximum Gasteiger partial charge on any atom is 0.297 e. The highest BCUT2D eigenvalue weighted by Crippen LogP contribution is 2.57. The third-order valence-corrected chi connectivity index (χ3v) is 7.32. The molecule has 5 heteroatoms. The fourth-order valence-corrected chi connectivity index (χ4v) is 5.72. The van der Waals surface area contributed by atoms with Crippen molar-refractivity contribution < 1.29 is 17.7 Å². The van der Waals surface area contributed by atoms with Gasteiger partial charge in [-0.25, -0.2) is 0 Å². The van der Waals surface area contributed by atoms with E-state index in [0.29, 0.717) is 6.42 Å². The summed E-state index contributed by atoms with van der Waals surface area (Å²) in [6.45, 7) is 3.92. The molecule has 4 nitrogen and oxygen atoms in total. The molecule has 4 atom stereocenters. The SMILES string of the molecule is Cc1ccc(C2(O)CC3CCC2C3OS(=O)(=O)c2ccc(C)cc2)cc1. The van der Waals surface area contributed by atoms with Gasteiger partial charge in [0.15, 0.2) is 0 Å². The Morgan fingerprint density at radius 2 is 1.54 bits per heavy atom. The van der Waals surface area contributed by atoms with Crippen molar-refractivity contribution in [1.29, 1.82) is 0 Å². The van der Waals surface area contributed by atoms with Crippen LogP contribution in [-0.4, -0.2) is 19.6 Å². The molecular formula is C21H24O4S. The number of benzene rings is 2. The Morgan fingerprint density at radius 1 is 0.962 bits per heavy atom. The van der Waals surface area contributed by atoms with E-state index in [4.69, 9.17) is 4.18 Å². The molecule has 26 heavy (non-hydrogen) atoms. The van der Waals surface area contributed by atoms with E-state index in [9.17, 15) is 13.5 Å². The van der Waals surface area contributed by atoms with Gasteiger partial charge >= 0.3 is 0 Å². The largest absolute Gasteiger partial charge is 0.385 e. The molecule has 0 aliphatic heterocycles. The summed E-state index contributed by atoms with van der Waals surface area (Å²) < 4.78 is 31.1. The van der Waals surface area contributed by atoms with Gasteiger partial charge in [0.2, 0.25) is 0 Å². The fraction of sp³-hybridized carbons (Fsp3) is 0.429. The Bertz CT molecular complexity index is 902. The predicted molar refractivity (Wildman–Crippen MR) is 99.1 cm³/mol. The van der Waals surface area contributed by atoms with E-state index in [1.807, 2.05) is 38.1 Å². The second-order valence-electron chi connectivity index (χ2n) is 7.77. The van der Waals surface area contributed by atoms with Crippen LogP contribution in [0.5, 0.6) is 0 Å². The summed E-state index contributed by atoms with van der Waals surface area (Å²) in [6, 6.07) is 14.5. The van der Waals surface area contributed by atoms with Crippen LogP contribution in [0.15, 0.2) is 53.4 Å². The minimum atomic E-state index is -3.84. The van der Waals surface area contributed by atoms with E-state index in [1.165, 1.54) is 0 Å². The van der Waals surface area contributed by atoms with Crippen LogP contribution in [0.2, 0.25) is 0 Å². The molecule has 2 fully saturated rings. The van der Waals surface area contributed by atoms with Crippen molar-refractivity contribution in [2.75, 3.05) is 0 Å². The van der Waals surface area contributed by atoms with Gasteiger partial charge in [0.25, 0.3) is 10.1 Å². The predicted octanol–water partition coefficient (Wildman–Crippen LogP) is 3.70. The van der Waals surface area contributed by atoms with Gasteiger partial charge in [-0.2, -0.15) is 8.42 Å². The summed E-state index contributed by atoms with van der Waals surface area (Å²) >= 11 is 0. The van der Waals surface area contributed by atoms with Gasteiger partial charge in [-0.1, -0.05) is 47.5 Å². The van der Waals surface area contributed by atoms with Crippen LogP contribution in [-0.2, 0) is 19.9 Å². The molecule has 2 bridgehead atoms. The van der Waals surface area contributed by atoms with Crippen LogP contribution in [0.3, 0.4) is 0 Å². The second kappa shape index (κ2) is 6.19. The topological polar surface area (TPSA) is 63.6 Å². The summed E-state index contributed by atoms with van der Waals surface area (Å²) in [6.07, 6.45) is 1.76. The average molecular weight is 372 g/mol. The van der Waals surface area contributed by atoms with Crippen LogP contribution >= 0.6 is 0 Å². The Balaban J connectivity index is 1.61. The lowest BCUT2D eigenvalue weighted by atomic mass is 9.79. The molecule has 138 valence electrons. The minimum Gasteiger partial charge on any atom is -0.385 e. The number of aliphatic hydroxyl groups is 1. The maximum atomic E-state index is 12.7. The Kier molecular flexibility index (Phi) is 4.21. The van der Waals surface area contributed by atoms with Gasteiger partial charge < -0.3 is 5.11 Å². The normalized spacial score (nSPS) is 30.7. The van der Waals surface area contributed by atoms with Gasteiger partial charge in [0.05, 0.1) is 16.6 Å². The molecule has 2 saturated carbocycles. The first-order valence-corrected chi connectivity index (χ1v) is 10.5. The molecule has 2 aromatic rings. The third kappa shape index (κ3) is 2.88. The van der Waals surface area contributed by atoms with Gasteiger partial charge in [-0.3, -0.25) is 4.18 Å². The molecule has 4 rings (SSSR count). The highest BCUT2D eigenvalue weighted by molar-refractivity contribution is 7.86. The van der Waals surface area contributed by atoms with Crippen molar-refractivity contribution in [3.8, 4) is 0 Å². The lowest BCUT2D eigenvalue weighted by Gasteiger charge is -2.33. The summed E-state index contributed by atoms with van der Waals surface area (Å²) in [5.41, 5.74) is 1.98. The molecule has 0 spiro atoms. The molecule has 2 aromatic carbocycles. The van der Waals surface area contributed by atoms with E-state index in [2.05, 4.69) is 0 Å². The summed E-state index contributed by atoms with van der Waals surface area (Å²) in [4.78, 5) is 0.174. The van der Waals surface area contributed by atoms with Crippen molar-refractivity contribution in [2.45, 2.75) is 49.7 Å². The smallest absolute Gasteiger partial charge is 0.297 e. The standard InChI is InChI=1S/C21H24O4S/c1-14-3-8-17(9-4-14)21(22)13-16-7-12-19(21)20(16)25-26(23,24)18-10-5-15(2)6-11-18/h3-6,8-11,16,19-20,22H,7,12-13H2,1-2H3. The second-order valence-corrected chi connectivity index (χ2v) is 9.34. The first kappa shape index (κ1) is 17.7. The molecule has 0 aromatic heterocycles. The number of hydrogen-bond acceptors (Lipinski definition) is 4. The molecule has 0 heterocycles. The van der Waals surface area contributed by atoms with Crippen molar-refractivity contribution in [3.05, 3.63) is 65.2 Å². The van der Waals surface area contributed by atoms with E-state index >= 15 is 0 Å². The summed E-state index contributed by atoms with van der Waals surface area (Å²) in [5.74, 6) is -0.137. The van der Waals surface area contributed by atoms with Crippen LogP contribution in [0, 0.1) is 25.7 Å². The zero-order valence-electron chi connectivity index (χ0n) is 15.1. The highest BCUT2D eigenvalue weighted by Gasteiger charge is 2.59. The van der Waals surface area contributed by atoms with Gasteiger partial charge in [0.1, 0.15) is 0 Å². The molecule has 2 aliphatic rings. The van der Waals surface area contributed by atoms with Crippen molar-refractivity contribution in [3.63, 3.8) is 0 Å². The quantitative estimate of drug-likeness (QED) is 0.832. The Labute approximate surface area is 155 Å². The van der Waals surface area contributed by atoms with Crippen LogP contribution < -0.4 is 0 Å². The van der Waals surface area contributed by atoms with Gasteiger partial charge in [0, 0.05) is 5.92 Å². The van der Waals surface area contributed by atoms with Crippen molar-refractivity contribution >= 4 is 10.1 Å². The first-order valence-electron chi connectivity index (χ1n) is 9.09. The van der Waals surface area contributed by atoms with Crippen LogP contribution in [0.25, 0.3) is 0 Å². The number of fused-ring (bicyclic) bond motifs is 2. The van der Waals surface area contributed by atoms with Crippen LogP contribution in [0.1, 0.15) is 36.0 Å². The molecular weight excluding hydrogens is 348 g/mol. The van der Waals surface area contributed by atoms with Crippen molar-refractivity contribution in [1.82, 2.24) is 0 Å². The molecule has 0 saturated heterocycles. The lowest BCUT2D eigenvalue weighted by molar-refractivity contribution is -0.0300. The molecule has 0 amide bonds. The fourth-order valence-electron chi connectivity index (χ4n) is 4.56. The van der Waals surface area contributed by atoms with Gasteiger partial charge in [-0.15, -0.1) is 0 Å². The third-order valence-electron chi connectivity index (χ3n) is 6.00. The Morgan fingerprint density at radius 3 is 2.15 bits per heavy atom. The highest BCUT2D eigenvalue weighted by atomic mass is 32.2. The summed E-state index contributed by atoms with van der Waals surface area (Å²) in [7, 11) is -3.84. The van der Waals surface area contributed by atoms with Crippen molar-refractivity contribution in [2.24, 2.45) is 11.8 Å². The maximum absolute atomic E-state index is 12.7. The first-order chi connectivity index (χ1) is 12.3. The number of aryl methyl sites for hydroxylation is 2. The van der Waals surface area contributed by atoms with E-state index < -0.39 is 21.8 Å². The average Bonchev–Trinajstić information content (AvgIpc) is 3.09. The zero-order valence-corrected chi connectivity index (χ0v) is 15.9. The van der Waals surface area contributed by atoms with E-state index in [0.717, 1.165) is 29.5 Å². The number of hydrogen-bond donors (Lipinski definition) is 1. The number of rotatable bonds is 4. The van der Waals surface area contributed by atoms with E-state index in [-0.39, 0.29) is 16.7 Å².